The molecule has 0 bridgehead atoms. The minimum atomic E-state index is -1.04. The molecule has 0 radical (unpaired) electrons. The zero-order valence-electron chi connectivity index (χ0n) is 16.5. The standard InChI is InChI=1S/C24H24Cl2N2O2/c25-18-11-9-17(10-12-18)24(14-27)20(16-7-4-8-19(26)13-16)21(23(29)30)28-22(24)15-5-2-1-3-6-15/h4,7-13,15,20-22,28H,1-3,5-6H2,(H,29,30). The van der Waals surface area contributed by atoms with Crippen LogP contribution in [0.4, 0.5) is 0 Å². The van der Waals surface area contributed by atoms with E-state index in [1.807, 2.05) is 24.3 Å². The Morgan fingerprint density at radius 1 is 1.07 bits per heavy atom. The van der Waals surface area contributed by atoms with Crippen molar-refractivity contribution in [3.05, 3.63) is 69.7 Å². The Hall–Kier alpha value is -2.06. The Balaban J connectivity index is 1.94. The Bertz CT molecular complexity index is 966. The zero-order chi connectivity index (χ0) is 21.3. The highest BCUT2D eigenvalue weighted by molar-refractivity contribution is 6.30. The number of benzene rings is 2. The number of halogens is 2. The molecule has 1 heterocycles. The summed E-state index contributed by atoms with van der Waals surface area (Å²) in [5.74, 6) is -1.29. The van der Waals surface area contributed by atoms with Gasteiger partial charge < -0.3 is 5.11 Å². The van der Waals surface area contributed by atoms with Crippen LogP contribution in [0, 0.1) is 17.2 Å². The third kappa shape index (κ3) is 3.60. The van der Waals surface area contributed by atoms with E-state index in [1.54, 1.807) is 24.3 Å². The average Bonchev–Trinajstić information content (AvgIpc) is 3.11. The molecule has 4 rings (SSSR count). The van der Waals surface area contributed by atoms with Crippen LogP contribution >= 0.6 is 23.2 Å². The van der Waals surface area contributed by atoms with E-state index in [2.05, 4.69) is 11.4 Å². The van der Waals surface area contributed by atoms with E-state index in [-0.39, 0.29) is 12.0 Å². The van der Waals surface area contributed by atoms with Crippen LogP contribution in [0.1, 0.15) is 49.1 Å². The molecule has 2 aromatic rings. The SMILES string of the molecule is N#CC1(c2ccc(Cl)cc2)C(C2CCCCC2)NC(C(=O)O)C1c1cccc(Cl)c1. The fraction of sp³-hybridized carbons (Fsp3) is 0.417. The van der Waals surface area contributed by atoms with E-state index in [0.717, 1.165) is 36.8 Å². The Morgan fingerprint density at radius 3 is 2.37 bits per heavy atom. The largest absolute Gasteiger partial charge is 0.480 e. The van der Waals surface area contributed by atoms with Crippen LogP contribution in [-0.2, 0) is 10.2 Å². The maximum absolute atomic E-state index is 12.4. The molecule has 2 aliphatic rings. The first-order valence-electron chi connectivity index (χ1n) is 10.4. The molecule has 30 heavy (non-hydrogen) atoms. The van der Waals surface area contributed by atoms with Crippen molar-refractivity contribution >= 4 is 29.2 Å². The molecule has 4 nitrogen and oxygen atoms in total. The number of nitrogens with zero attached hydrogens (tertiary/aromatic N) is 1. The smallest absolute Gasteiger partial charge is 0.321 e. The monoisotopic (exact) mass is 442 g/mol. The first-order chi connectivity index (χ1) is 14.5. The third-order valence-corrected chi connectivity index (χ3v) is 7.26. The van der Waals surface area contributed by atoms with Crippen molar-refractivity contribution in [2.24, 2.45) is 5.92 Å². The summed E-state index contributed by atoms with van der Waals surface area (Å²) in [6.07, 6.45) is 5.37. The zero-order valence-corrected chi connectivity index (χ0v) is 18.0. The second kappa shape index (κ2) is 8.59. The van der Waals surface area contributed by atoms with E-state index in [0.29, 0.717) is 10.0 Å². The molecule has 4 atom stereocenters. The number of nitrogens with one attached hydrogen (secondary N) is 1. The summed E-state index contributed by atoms with van der Waals surface area (Å²) in [5.41, 5.74) is 0.517. The van der Waals surface area contributed by atoms with Gasteiger partial charge in [0, 0.05) is 22.0 Å². The molecule has 2 aromatic carbocycles. The second-order valence-corrected chi connectivity index (χ2v) is 9.25. The molecule has 2 fully saturated rings. The van der Waals surface area contributed by atoms with E-state index < -0.39 is 23.3 Å². The van der Waals surface area contributed by atoms with Crippen molar-refractivity contribution in [1.29, 1.82) is 5.26 Å². The van der Waals surface area contributed by atoms with Crippen LogP contribution in [0.25, 0.3) is 0 Å². The van der Waals surface area contributed by atoms with Crippen LogP contribution < -0.4 is 5.32 Å². The second-order valence-electron chi connectivity index (χ2n) is 8.38. The van der Waals surface area contributed by atoms with Crippen LogP contribution in [-0.4, -0.2) is 23.2 Å². The van der Waals surface area contributed by atoms with Crippen molar-refractivity contribution < 1.29 is 9.90 Å². The van der Waals surface area contributed by atoms with E-state index in [1.165, 1.54) is 6.42 Å². The predicted octanol–water partition coefficient (Wildman–Crippen LogP) is 5.54. The quantitative estimate of drug-likeness (QED) is 0.651. The number of carbonyl (C=O) groups is 1. The van der Waals surface area contributed by atoms with E-state index >= 15 is 0 Å². The van der Waals surface area contributed by atoms with Gasteiger partial charge in [-0.05, 0) is 54.2 Å². The molecule has 0 aromatic heterocycles. The van der Waals surface area contributed by atoms with Gasteiger partial charge in [-0.25, -0.2) is 0 Å². The lowest BCUT2D eigenvalue weighted by Gasteiger charge is -2.39. The lowest BCUT2D eigenvalue weighted by molar-refractivity contribution is -0.139. The Morgan fingerprint density at radius 2 is 1.77 bits per heavy atom. The first-order valence-corrected chi connectivity index (χ1v) is 11.1. The molecule has 1 aliphatic heterocycles. The number of aliphatic carboxylic acids is 1. The van der Waals surface area contributed by atoms with Gasteiger partial charge in [0.1, 0.15) is 11.5 Å². The lowest BCUT2D eigenvalue weighted by atomic mass is 9.61. The highest BCUT2D eigenvalue weighted by atomic mass is 35.5. The van der Waals surface area contributed by atoms with Crippen molar-refractivity contribution in [3.63, 3.8) is 0 Å². The Labute approximate surface area is 186 Å². The van der Waals surface area contributed by atoms with Gasteiger partial charge in [0.15, 0.2) is 0 Å². The minimum absolute atomic E-state index is 0.236. The number of rotatable bonds is 4. The van der Waals surface area contributed by atoms with Crippen LogP contribution in [0.5, 0.6) is 0 Å². The maximum atomic E-state index is 12.4. The van der Waals surface area contributed by atoms with E-state index in [9.17, 15) is 15.2 Å². The number of nitriles is 1. The normalized spacial score (nSPS) is 29.4. The third-order valence-electron chi connectivity index (χ3n) is 6.78. The van der Waals surface area contributed by atoms with Gasteiger partial charge in [-0.15, -0.1) is 0 Å². The average molecular weight is 443 g/mol. The molecule has 1 aliphatic carbocycles. The molecule has 6 heteroatoms. The summed E-state index contributed by atoms with van der Waals surface area (Å²) in [4.78, 5) is 12.4. The summed E-state index contributed by atoms with van der Waals surface area (Å²) in [5, 5.41) is 25.3. The number of carboxylic acid groups (broad SMARTS) is 1. The fourth-order valence-electron chi connectivity index (χ4n) is 5.51. The number of hydrogen-bond donors (Lipinski definition) is 2. The predicted molar refractivity (Wildman–Crippen MR) is 118 cm³/mol. The molecule has 0 spiro atoms. The van der Waals surface area contributed by atoms with Gasteiger partial charge >= 0.3 is 5.97 Å². The van der Waals surface area contributed by atoms with Gasteiger partial charge in [0.2, 0.25) is 0 Å². The van der Waals surface area contributed by atoms with Gasteiger partial charge in [-0.1, -0.05) is 66.7 Å². The van der Waals surface area contributed by atoms with Crippen molar-refractivity contribution in [2.75, 3.05) is 0 Å². The highest BCUT2D eigenvalue weighted by Gasteiger charge is 2.61. The van der Waals surface area contributed by atoms with Gasteiger partial charge in [-0.3, -0.25) is 10.1 Å². The summed E-state index contributed by atoms with van der Waals surface area (Å²) < 4.78 is 0. The molecule has 0 amide bonds. The molecule has 1 saturated heterocycles. The summed E-state index contributed by atoms with van der Waals surface area (Å²) in [6, 6.07) is 16.0. The number of hydrogen-bond acceptors (Lipinski definition) is 3. The van der Waals surface area contributed by atoms with Crippen LogP contribution in [0.15, 0.2) is 48.5 Å². The molecule has 156 valence electrons. The fourth-order valence-corrected chi connectivity index (χ4v) is 5.84. The Kier molecular flexibility index (Phi) is 6.06. The van der Waals surface area contributed by atoms with E-state index in [4.69, 9.17) is 23.2 Å². The topological polar surface area (TPSA) is 73.1 Å². The highest BCUT2D eigenvalue weighted by Crippen LogP contribution is 2.52. The van der Waals surface area contributed by atoms with Gasteiger partial charge in [0.25, 0.3) is 0 Å². The molecule has 4 unspecified atom stereocenters. The molecule has 1 saturated carbocycles. The minimum Gasteiger partial charge on any atom is -0.480 e. The van der Waals surface area contributed by atoms with Crippen molar-refractivity contribution in [2.45, 2.75) is 55.5 Å². The molecule has 2 N–H and O–H groups in total. The van der Waals surface area contributed by atoms with Crippen LogP contribution in [0.3, 0.4) is 0 Å². The van der Waals surface area contributed by atoms with Crippen molar-refractivity contribution in [1.82, 2.24) is 5.32 Å². The van der Waals surface area contributed by atoms with Crippen LogP contribution in [0.2, 0.25) is 10.0 Å². The lowest BCUT2D eigenvalue weighted by Crippen LogP contribution is -2.47. The summed E-state index contributed by atoms with van der Waals surface area (Å²) in [7, 11) is 0. The van der Waals surface area contributed by atoms with Crippen molar-refractivity contribution in [3.8, 4) is 6.07 Å². The number of carboxylic acids is 1. The maximum Gasteiger partial charge on any atom is 0.321 e. The van der Waals surface area contributed by atoms with Gasteiger partial charge in [-0.2, -0.15) is 5.26 Å². The summed E-state index contributed by atoms with van der Waals surface area (Å²) in [6.45, 7) is 0. The molecular formula is C24H24Cl2N2O2. The first kappa shape index (κ1) is 21.2. The summed E-state index contributed by atoms with van der Waals surface area (Å²) >= 11 is 12.4. The van der Waals surface area contributed by atoms with Gasteiger partial charge in [0.05, 0.1) is 6.07 Å². The molecular weight excluding hydrogens is 419 g/mol.